The van der Waals surface area contributed by atoms with Gasteiger partial charge in [0.25, 0.3) is 5.91 Å². The maximum atomic E-state index is 11.5. The Morgan fingerprint density at radius 3 is 2.62 bits per heavy atom. The van der Waals surface area contributed by atoms with Crippen LogP contribution in [0.1, 0.15) is 30.8 Å². The van der Waals surface area contributed by atoms with Crippen molar-refractivity contribution in [3.63, 3.8) is 0 Å². The third-order valence-electron chi connectivity index (χ3n) is 2.06. The van der Waals surface area contributed by atoms with E-state index in [-0.39, 0.29) is 11.7 Å². The Kier molecular flexibility index (Phi) is 4.10. The molecular weight excluding hydrogens is 210 g/mol. The molecule has 16 heavy (non-hydrogen) atoms. The summed E-state index contributed by atoms with van der Waals surface area (Å²) in [5.41, 5.74) is 0. The van der Waals surface area contributed by atoms with Crippen LogP contribution in [0.5, 0.6) is 0 Å². The molecule has 1 atom stereocenters. The highest BCUT2D eigenvalue weighted by Gasteiger charge is 2.22. The topological polar surface area (TPSA) is 79.5 Å². The van der Waals surface area contributed by atoms with E-state index in [0.717, 1.165) is 0 Å². The van der Waals surface area contributed by atoms with Gasteiger partial charge in [-0.1, -0.05) is 13.8 Å². The van der Waals surface area contributed by atoms with Crippen molar-refractivity contribution in [3.8, 4) is 0 Å². The highest BCUT2D eigenvalue weighted by atomic mass is 16.4. The number of furan rings is 1. The number of hydrogen-bond acceptors (Lipinski definition) is 3. The van der Waals surface area contributed by atoms with Crippen LogP contribution in [0.25, 0.3) is 0 Å². The lowest BCUT2D eigenvalue weighted by atomic mass is 10.0. The third kappa shape index (κ3) is 3.42. The molecule has 0 unspecified atom stereocenters. The molecule has 88 valence electrons. The van der Waals surface area contributed by atoms with E-state index in [1.54, 1.807) is 6.07 Å². The second kappa shape index (κ2) is 5.34. The van der Waals surface area contributed by atoms with Gasteiger partial charge in [0.2, 0.25) is 0 Å². The molecule has 1 aromatic heterocycles. The first-order valence-electron chi connectivity index (χ1n) is 5.08. The molecule has 0 saturated carbocycles. The maximum Gasteiger partial charge on any atom is 0.326 e. The van der Waals surface area contributed by atoms with E-state index in [1.165, 1.54) is 12.3 Å². The molecule has 1 heterocycles. The van der Waals surface area contributed by atoms with Crippen molar-refractivity contribution in [2.24, 2.45) is 5.92 Å². The third-order valence-corrected chi connectivity index (χ3v) is 2.06. The summed E-state index contributed by atoms with van der Waals surface area (Å²) in [6, 6.07) is 2.19. The zero-order chi connectivity index (χ0) is 12.1. The van der Waals surface area contributed by atoms with Crippen LogP contribution in [0.3, 0.4) is 0 Å². The van der Waals surface area contributed by atoms with Gasteiger partial charge in [0.15, 0.2) is 5.76 Å². The van der Waals surface area contributed by atoms with Crippen LogP contribution >= 0.6 is 0 Å². The lowest BCUT2D eigenvalue weighted by Gasteiger charge is -2.15. The normalized spacial score (nSPS) is 12.4. The minimum Gasteiger partial charge on any atom is -0.480 e. The number of nitrogens with one attached hydrogen (secondary N) is 1. The molecule has 2 N–H and O–H groups in total. The molecule has 0 aliphatic carbocycles. The average Bonchev–Trinajstić information content (AvgIpc) is 2.68. The number of carboxylic acid groups (broad SMARTS) is 1. The highest BCUT2D eigenvalue weighted by molar-refractivity contribution is 5.94. The van der Waals surface area contributed by atoms with Crippen molar-refractivity contribution in [2.45, 2.75) is 26.3 Å². The molecule has 0 saturated heterocycles. The van der Waals surface area contributed by atoms with Crippen LogP contribution in [-0.2, 0) is 4.79 Å². The lowest BCUT2D eigenvalue weighted by molar-refractivity contribution is -0.139. The van der Waals surface area contributed by atoms with Gasteiger partial charge in [-0.05, 0) is 24.5 Å². The number of rotatable bonds is 5. The molecule has 0 aromatic carbocycles. The Balaban J connectivity index is 2.62. The smallest absolute Gasteiger partial charge is 0.326 e. The molecule has 0 aliphatic rings. The van der Waals surface area contributed by atoms with Gasteiger partial charge in [-0.25, -0.2) is 4.79 Å². The minimum atomic E-state index is -1.03. The van der Waals surface area contributed by atoms with Crippen LogP contribution in [0, 0.1) is 5.92 Å². The molecule has 0 bridgehead atoms. The fraction of sp³-hybridized carbons (Fsp3) is 0.455. The van der Waals surface area contributed by atoms with Gasteiger partial charge in [0.1, 0.15) is 6.04 Å². The Morgan fingerprint density at radius 1 is 1.50 bits per heavy atom. The monoisotopic (exact) mass is 225 g/mol. The predicted molar refractivity (Wildman–Crippen MR) is 57.1 cm³/mol. The largest absolute Gasteiger partial charge is 0.480 e. The van der Waals surface area contributed by atoms with E-state index >= 15 is 0 Å². The Labute approximate surface area is 93.4 Å². The van der Waals surface area contributed by atoms with Crippen molar-refractivity contribution < 1.29 is 19.1 Å². The summed E-state index contributed by atoms with van der Waals surface area (Å²) in [5.74, 6) is -1.22. The summed E-state index contributed by atoms with van der Waals surface area (Å²) < 4.78 is 4.88. The van der Waals surface area contributed by atoms with Crippen LogP contribution in [-0.4, -0.2) is 23.0 Å². The van der Waals surface area contributed by atoms with Gasteiger partial charge in [0, 0.05) is 0 Å². The van der Waals surface area contributed by atoms with Gasteiger partial charge in [-0.2, -0.15) is 0 Å². The number of aliphatic carboxylic acids is 1. The molecule has 0 aliphatic heterocycles. The Hall–Kier alpha value is -1.78. The summed E-state index contributed by atoms with van der Waals surface area (Å²) in [5, 5.41) is 11.3. The second-order valence-electron chi connectivity index (χ2n) is 3.97. The zero-order valence-electron chi connectivity index (χ0n) is 9.27. The van der Waals surface area contributed by atoms with Crippen LogP contribution in [0.2, 0.25) is 0 Å². The predicted octanol–water partition coefficient (Wildman–Crippen LogP) is 1.51. The standard InChI is InChI=1S/C11H15NO4/c1-7(2)6-8(11(14)15)12-10(13)9-4-3-5-16-9/h3-5,7-8H,6H2,1-2H3,(H,12,13)(H,14,15)/t8-/m1/s1. The SMILES string of the molecule is CC(C)C[C@@H](NC(=O)c1ccco1)C(=O)O. The van der Waals surface area contributed by atoms with Gasteiger partial charge < -0.3 is 14.8 Å². The van der Waals surface area contributed by atoms with E-state index in [0.29, 0.717) is 6.42 Å². The lowest BCUT2D eigenvalue weighted by Crippen LogP contribution is -2.41. The second-order valence-corrected chi connectivity index (χ2v) is 3.97. The van der Waals surface area contributed by atoms with E-state index in [9.17, 15) is 9.59 Å². The number of carboxylic acids is 1. The Morgan fingerprint density at radius 2 is 2.19 bits per heavy atom. The molecule has 1 rings (SSSR count). The summed E-state index contributed by atoms with van der Waals surface area (Å²) in [4.78, 5) is 22.4. The van der Waals surface area contributed by atoms with Crippen LogP contribution < -0.4 is 5.32 Å². The molecule has 1 aromatic rings. The van der Waals surface area contributed by atoms with Crippen molar-refractivity contribution in [1.29, 1.82) is 0 Å². The Bertz CT molecular complexity index is 356. The number of carbonyl (C=O) groups is 2. The molecular formula is C11H15NO4. The molecule has 0 radical (unpaired) electrons. The number of amides is 1. The van der Waals surface area contributed by atoms with Crippen LogP contribution in [0.4, 0.5) is 0 Å². The molecule has 5 heteroatoms. The van der Waals surface area contributed by atoms with Crippen molar-refractivity contribution >= 4 is 11.9 Å². The van der Waals surface area contributed by atoms with E-state index < -0.39 is 17.9 Å². The number of hydrogen-bond donors (Lipinski definition) is 2. The van der Waals surface area contributed by atoms with Gasteiger partial charge >= 0.3 is 5.97 Å². The minimum absolute atomic E-state index is 0.120. The first-order chi connectivity index (χ1) is 7.50. The fourth-order valence-electron chi connectivity index (χ4n) is 1.33. The van der Waals surface area contributed by atoms with Gasteiger partial charge in [-0.15, -0.1) is 0 Å². The van der Waals surface area contributed by atoms with Crippen molar-refractivity contribution in [3.05, 3.63) is 24.2 Å². The van der Waals surface area contributed by atoms with E-state index in [4.69, 9.17) is 9.52 Å². The molecule has 5 nitrogen and oxygen atoms in total. The fourth-order valence-corrected chi connectivity index (χ4v) is 1.33. The van der Waals surface area contributed by atoms with Crippen molar-refractivity contribution in [1.82, 2.24) is 5.32 Å². The average molecular weight is 225 g/mol. The molecule has 1 amide bonds. The summed E-state index contributed by atoms with van der Waals surface area (Å²) >= 11 is 0. The molecule has 0 fully saturated rings. The summed E-state index contributed by atoms with van der Waals surface area (Å²) in [7, 11) is 0. The summed E-state index contributed by atoms with van der Waals surface area (Å²) in [6.45, 7) is 3.80. The van der Waals surface area contributed by atoms with Gasteiger partial charge in [0.05, 0.1) is 6.26 Å². The highest BCUT2D eigenvalue weighted by Crippen LogP contribution is 2.07. The number of carbonyl (C=O) groups excluding carboxylic acids is 1. The summed E-state index contributed by atoms with van der Waals surface area (Å²) in [6.07, 6.45) is 1.76. The molecule has 0 spiro atoms. The van der Waals surface area contributed by atoms with Crippen molar-refractivity contribution in [2.75, 3.05) is 0 Å². The van der Waals surface area contributed by atoms with Crippen LogP contribution in [0.15, 0.2) is 22.8 Å². The van der Waals surface area contributed by atoms with E-state index in [1.807, 2.05) is 13.8 Å². The quantitative estimate of drug-likeness (QED) is 0.796. The first kappa shape index (κ1) is 12.3. The zero-order valence-corrected chi connectivity index (χ0v) is 9.27. The first-order valence-corrected chi connectivity index (χ1v) is 5.08. The van der Waals surface area contributed by atoms with E-state index in [2.05, 4.69) is 5.32 Å². The van der Waals surface area contributed by atoms with Gasteiger partial charge in [-0.3, -0.25) is 4.79 Å². The maximum absolute atomic E-state index is 11.5.